The summed E-state index contributed by atoms with van der Waals surface area (Å²) in [5.74, 6) is 6.40. The van der Waals surface area contributed by atoms with Crippen molar-refractivity contribution in [3.63, 3.8) is 0 Å². The van der Waals surface area contributed by atoms with Gasteiger partial charge in [0, 0.05) is 6.04 Å². The Morgan fingerprint density at radius 1 is 1.61 bits per heavy atom. The number of hydrogen-bond acceptors (Lipinski definition) is 3. The lowest BCUT2D eigenvalue weighted by Crippen LogP contribution is -2.40. The standard InChI is InChI=1S/C14H18N2OS/c1-10(11-4-2-5-11)16-14(17)13-8-7-12(18-13)6-3-9-15/h7-8,10-11H,2,4-5,9,15H2,1H3,(H,16,17). The van der Waals surface area contributed by atoms with Crippen molar-refractivity contribution < 1.29 is 4.79 Å². The predicted octanol–water partition coefficient (Wildman–Crippen LogP) is 1.98. The fourth-order valence-corrected chi connectivity index (χ4v) is 2.78. The Morgan fingerprint density at radius 3 is 3.00 bits per heavy atom. The number of rotatable bonds is 3. The number of hydrogen-bond donors (Lipinski definition) is 2. The zero-order chi connectivity index (χ0) is 13.0. The van der Waals surface area contributed by atoms with Gasteiger partial charge in [0.2, 0.25) is 0 Å². The van der Waals surface area contributed by atoms with Gasteiger partial charge in [-0.05, 0) is 37.8 Å². The first kappa shape index (κ1) is 13.1. The van der Waals surface area contributed by atoms with Crippen LogP contribution in [0.3, 0.4) is 0 Å². The van der Waals surface area contributed by atoms with Gasteiger partial charge in [-0.15, -0.1) is 11.3 Å². The van der Waals surface area contributed by atoms with Gasteiger partial charge in [-0.3, -0.25) is 4.79 Å². The number of carbonyl (C=O) groups is 1. The van der Waals surface area contributed by atoms with Crippen LogP contribution in [0.25, 0.3) is 0 Å². The molecule has 96 valence electrons. The highest BCUT2D eigenvalue weighted by atomic mass is 32.1. The molecule has 0 aliphatic heterocycles. The van der Waals surface area contributed by atoms with Gasteiger partial charge in [0.1, 0.15) is 0 Å². The molecule has 3 N–H and O–H groups in total. The second kappa shape index (κ2) is 6.03. The molecule has 0 spiro atoms. The Morgan fingerprint density at radius 2 is 2.39 bits per heavy atom. The molecule has 18 heavy (non-hydrogen) atoms. The molecule has 0 radical (unpaired) electrons. The lowest BCUT2D eigenvalue weighted by atomic mass is 9.80. The Kier molecular flexibility index (Phi) is 4.40. The van der Waals surface area contributed by atoms with Gasteiger partial charge < -0.3 is 11.1 Å². The molecule has 1 amide bonds. The highest BCUT2D eigenvalue weighted by Crippen LogP contribution is 2.29. The van der Waals surface area contributed by atoms with Crippen LogP contribution >= 0.6 is 11.3 Å². The third-order valence-electron chi connectivity index (χ3n) is 3.36. The van der Waals surface area contributed by atoms with E-state index in [4.69, 9.17) is 5.73 Å². The highest BCUT2D eigenvalue weighted by molar-refractivity contribution is 7.14. The summed E-state index contributed by atoms with van der Waals surface area (Å²) in [5, 5.41) is 3.07. The van der Waals surface area contributed by atoms with E-state index in [1.54, 1.807) is 0 Å². The lowest BCUT2D eigenvalue weighted by Gasteiger charge is -2.31. The third kappa shape index (κ3) is 3.12. The first-order chi connectivity index (χ1) is 8.70. The molecule has 1 fully saturated rings. The van der Waals surface area contributed by atoms with E-state index in [0.717, 1.165) is 9.75 Å². The average molecular weight is 262 g/mol. The SMILES string of the molecule is CC(NC(=O)c1ccc(C#CCN)s1)C1CCC1. The topological polar surface area (TPSA) is 55.1 Å². The van der Waals surface area contributed by atoms with E-state index >= 15 is 0 Å². The van der Waals surface area contributed by atoms with E-state index in [1.807, 2.05) is 12.1 Å². The molecule has 1 aromatic rings. The van der Waals surface area contributed by atoms with Crippen LogP contribution < -0.4 is 11.1 Å². The predicted molar refractivity (Wildman–Crippen MR) is 74.5 cm³/mol. The maximum Gasteiger partial charge on any atom is 0.261 e. The molecule has 2 rings (SSSR count). The van der Waals surface area contributed by atoms with Gasteiger partial charge in [-0.1, -0.05) is 18.3 Å². The number of nitrogens with one attached hydrogen (secondary N) is 1. The van der Waals surface area contributed by atoms with Gasteiger partial charge in [-0.2, -0.15) is 0 Å². The second-order valence-electron chi connectivity index (χ2n) is 4.62. The fourth-order valence-electron chi connectivity index (χ4n) is 2.00. The van der Waals surface area contributed by atoms with Crippen molar-refractivity contribution in [2.24, 2.45) is 11.7 Å². The summed E-state index contributed by atoms with van der Waals surface area (Å²) in [4.78, 5) is 13.6. The molecule has 1 unspecified atom stereocenters. The van der Waals surface area contributed by atoms with Crippen molar-refractivity contribution in [3.8, 4) is 11.8 Å². The van der Waals surface area contributed by atoms with Gasteiger partial charge in [0.05, 0.1) is 16.3 Å². The van der Waals surface area contributed by atoms with Crippen LogP contribution in [0.4, 0.5) is 0 Å². The van der Waals surface area contributed by atoms with E-state index in [-0.39, 0.29) is 11.9 Å². The average Bonchev–Trinajstić information content (AvgIpc) is 2.72. The molecular weight excluding hydrogens is 244 g/mol. The first-order valence-corrected chi connectivity index (χ1v) is 7.12. The highest BCUT2D eigenvalue weighted by Gasteiger charge is 2.25. The minimum absolute atomic E-state index is 0.0141. The smallest absolute Gasteiger partial charge is 0.261 e. The van der Waals surface area contributed by atoms with E-state index < -0.39 is 0 Å². The Bertz CT molecular complexity index is 479. The van der Waals surface area contributed by atoms with Crippen LogP contribution in [0.5, 0.6) is 0 Å². The van der Waals surface area contributed by atoms with Gasteiger partial charge in [0.15, 0.2) is 0 Å². The molecular formula is C14H18N2OS. The normalized spacial score (nSPS) is 16.3. The van der Waals surface area contributed by atoms with Crippen molar-refractivity contribution in [1.29, 1.82) is 0 Å². The summed E-state index contributed by atoms with van der Waals surface area (Å²) in [5.41, 5.74) is 5.32. The van der Waals surface area contributed by atoms with E-state index in [1.165, 1.54) is 30.6 Å². The quantitative estimate of drug-likeness (QED) is 0.818. The molecule has 1 aliphatic carbocycles. The number of carbonyl (C=O) groups excluding carboxylic acids is 1. The summed E-state index contributed by atoms with van der Waals surface area (Å²) < 4.78 is 0. The monoisotopic (exact) mass is 262 g/mol. The van der Waals surface area contributed by atoms with Crippen LogP contribution in [0.2, 0.25) is 0 Å². The van der Waals surface area contributed by atoms with Crippen LogP contribution in [0, 0.1) is 17.8 Å². The molecule has 1 saturated carbocycles. The molecule has 4 heteroatoms. The maximum absolute atomic E-state index is 12.0. The Labute approximate surface area is 112 Å². The molecule has 1 atom stereocenters. The largest absolute Gasteiger partial charge is 0.349 e. The van der Waals surface area contributed by atoms with Gasteiger partial charge in [-0.25, -0.2) is 0 Å². The van der Waals surface area contributed by atoms with Crippen LogP contribution in [-0.4, -0.2) is 18.5 Å². The van der Waals surface area contributed by atoms with Crippen molar-refractivity contribution in [2.75, 3.05) is 6.54 Å². The summed E-state index contributed by atoms with van der Waals surface area (Å²) in [6, 6.07) is 3.97. The van der Waals surface area contributed by atoms with Crippen LogP contribution in [0.15, 0.2) is 12.1 Å². The number of thiophene rings is 1. The summed E-state index contributed by atoms with van der Waals surface area (Å²) in [7, 11) is 0. The fraction of sp³-hybridized carbons (Fsp3) is 0.500. The third-order valence-corrected chi connectivity index (χ3v) is 4.36. The molecule has 3 nitrogen and oxygen atoms in total. The molecule has 0 saturated heterocycles. The van der Waals surface area contributed by atoms with Gasteiger partial charge >= 0.3 is 0 Å². The Hall–Kier alpha value is -1.31. The minimum Gasteiger partial charge on any atom is -0.349 e. The van der Waals surface area contributed by atoms with Crippen LogP contribution in [-0.2, 0) is 0 Å². The van der Waals surface area contributed by atoms with E-state index in [2.05, 4.69) is 24.1 Å². The van der Waals surface area contributed by atoms with Crippen LogP contribution in [0.1, 0.15) is 40.7 Å². The number of nitrogens with two attached hydrogens (primary N) is 1. The van der Waals surface area contributed by atoms with Crippen molar-refractivity contribution >= 4 is 17.2 Å². The molecule has 1 aromatic heterocycles. The lowest BCUT2D eigenvalue weighted by molar-refractivity contribution is 0.0913. The molecule has 1 heterocycles. The molecule has 0 aromatic carbocycles. The minimum atomic E-state index is 0.0141. The van der Waals surface area contributed by atoms with E-state index in [0.29, 0.717) is 12.5 Å². The summed E-state index contributed by atoms with van der Waals surface area (Å²) in [6.45, 7) is 2.43. The molecule has 0 bridgehead atoms. The summed E-state index contributed by atoms with van der Waals surface area (Å²) >= 11 is 1.42. The van der Waals surface area contributed by atoms with Gasteiger partial charge in [0.25, 0.3) is 5.91 Å². The van der Waals surface area contributed by atoms with E-state index in [9.17, 15) is 4.79 Å². The number of amides is 1. The maximum atomic E-state index is 12.0. The zero-order valence-corrected chi connectivity index (χ0v) is 11.3. The summed E-state index contributed by atoms with van der Waals surface area (Å²) in [6.07, 6.45) is 3.76. The van der Waals surface area contributed by atoms with Crippen molar-refractivity contribution in [3.05, 3.63) is 21.9 Å². The zero-order valence-electron chi connectivity index (χ0n) is 10.5. The van der Waals surface area contributed by atoms with Crippen molar-refractivity contribution in [1.82, 2.24) is 5.32 Å². The second-order valence-corrected chi connectivity index (χ2v) is 5.71. The Balaban J connectivity index is 1.93. The first-order valence-electron chi connectivity index (χ1n) is 6.30. The van der Waals surface area contributed by atoms with Crippen molar-refractivity contribution in [2.45, 2.75) is 32.2 Å². The molecule has 1 aliphatic rings.